The van der Waals surface area contributed by atoms with E-state index >= 15 is 0 Å². The summed E-state index contributed by atoms with van der Waals surface area (Å²) in [5.74, 6) is -1.38. The van der Waals surface area contributed by atoms with Gasteiger partial charge >= 0.3 is 6.18 Å². The zero-order valence-corrected chi connectivity index (χ0v) is 25.7. The normalized spacial score (nSPS) is 22.1. The van der Waals surface area contributed by atoms with Crippen molar-refractivity contribution in [1.82, 2.24) is 20.1 Å². The van der Waals surface area contributed by atoms with Crippen molar-refractivity contribution < 1.29 is 36.9 Å². The Morgan fingerprint density at radius 2 is 1.91 bits per heavy atom. The molecule has 4 N–H and O–H groups in total. The molecule has 1 unspecified atom stereocenters. The summed E-state index contributed by atoms with van der Waals surface area (Å²) in [7, 11) is 0. The van der Waals surface area contributed by atoms with Crippen LogP contribution in [-0.4, -0.2) is 51.2 Å². The summed E-state index contributed by atoms with van der Waals surface area (Å²) in [6, 6.07) is 8.36. The van der Waals surface area contributed by atoms with E-state index in [9.17, 15) is 27.5 Å². The topological polar surface area (TPSA) is 125 Å². The number of nitrogens with zero attached hydrogens (tertiary/aromatic N) is 3. The largest absolute Gasteiger partial charge is 0.488 e. The number of fused-ring (bicyclic) bond motifs is 2. The van der Waals surface area contributed by atoms with Crippen LogP contribution in [0.25, 0.3) is 22.2 Å². The van der Waals surface area contributed by atoms with Crippen LogP contribution < -0.4 is 20.5 Å². The molecule has 246 valence electrons. The van der Waals surface area contributed by atoms with E-state index in [1.807, 2.05) is 10.9 Å². The molecule has 8 rings (SSSR count). The van der Waals surface area contributed by atoms with Gasteiger partial charge in [-0.2, -0.15) is 18.3 Å². The quantitative estimate of drug-likeness (QED) is 0.189. The Morgan fingerprint density at radius 3 is 2.57 bits per heavy atom. The van der Waals surface area contributed by atoms with Crippen LogP contribution in [-0.2, 0) is 11.1 Å². The lowest BCUT2D eigenvalue weighted by Gasteiger charge is -2.31. The molecular weight excluding hydrogens is 642 g/mol. The van der Waals surface area contributed by atoms with E-state index in [0.717, 1.165) is 43.2 Å². The Kier molecular flexibility index (Phi) is 6.81. The predicted octanol–water partition coefficient (Wildman–Crippen LogP) is 5.90. The number of hydrogen-bond acceptors (Lipinski definition) is 7. The fourth-order valence-corrected chi connectivity index (χ4v) is 6.31. The fourth-order valence-electron chi connectivity index (χ4n) is 6.13. The van der Waals surface area contributed by atoms with E-state index in [4.69, 9.17) is 31.9 Å². The molecule has 1 aliphatic heterocycles. The molecule has 9 nitrogen and oxygen atoms in total. The maximum atomic E-state index is 14.4. The Bertz CT molecular complexity index is 1940. The average molecular weight is 672 g/mol. The molecule has 2 aromatic carbocycles. The lowest BCUT2D eigenvalue weighted by atomic mass is 9.86. The second kappa shape index (κ2) is 10.5. The molecule has 4 aliphatic rings. The Labute approximate surface area is 271 Å². The first kappa shape index (κ1) is 30.4. The SMILES string of the molecule is N[C@@]1(C(F)(F)F)COc2c1cc(C(O)(CNC(=O)c1cc(OC3CC3)c3nn(C4CC4)cc3c1)C1CC1)nc2-c1ccc(F)c(Cl)c1. The smallest absolute Gasteiger partial charge is 0.414 e. The second-order valence-electron chi connectivity index (χ2n) is 13.1. The number of rotatable bonds is 9. The molecule has 14 heteroatoms. The predicted molar refractivity (Wildman–Crippen MR) is 163 cm³/mol. The average Bonchev–Trinajstić information content (AvgIpc) is 3.91. The summed E-state index contributed by atoms with van der Waals surface area (Å²) in [6.45, 7) is -1.27. The van der Waals surface area contributed by atoms with E-state index in [0.29, 0.717) is 30.1 Å². The van der Waals surface area contributed by atoms with Gasteiger partial charge < -0.3 is 25.6 Å². The van der Waals surface area contributed by atoms with Gasteiger partial charge in [0.2, 0.25) is 0 Å². The minimum Gasteiger partial charge on any atom is -0.488 e. The number of ether oxygens (including phenoxy) is 2. The number of hydrogen-bond donors (Lipinski definition) is 3. The molecular formula is C33H30ClF4N5O4. The van der Waals surface area contributed by atoms with E-state index in [1.165, 1.54) is 12.1 Å². The number of carbonyl (C=O) groups is 1. The van der Waals surface area contributed by atoms with Gasteiger partial charge in [-0.1, -0.05) is 11.6 Å². The van der Waals surface area contributed by atoms with Crippen LogP contribution in [0.5, 0.6) is 11.5 Å². The highest BCUT2D eigenvalue weighted by atomic mass is 35.5. The van der Waals surface area contributed by atoms with Crippen LogP contribution in [0.3, 0.4) is 0 Å². The lowest BCUT2D eigenvalue weighted by molar-refractivity contribution is -0.191. The van der Waals surface area contributed by atoms with E-state index < -0.39 is 47.1 Å². The van der Waals surface area contributed by atoms with Crippen molar-refractivity contribution in [3.8, 4) is 22.8 Å². The minimum absolute atomic E-state index is 0.0638. The third-order valence-electron chi connectivity index (χ3n) is 9.40. The van der Waals surface area contributed by atoms with Gasteiger partial charge in [-0.05, 0) is 80.8 Å². The van der Waals surface area contributed by atoms with Gasteiger partial charge in [0, 0.05) is 28.3 Å². The molecule has 0 spiro atoms. The van der Waals surface area contributed by atoms with Crippen LogP contribution in [0.15, 0.2) is 42.6 Å². The molecule has 3 heterocycles. The van der Waals surface area contributed by atoms with Crippen molar-refractivity contribution in [3.63, 3.8) is 0 Å². The molecule has 0 bridgehead atoms. The van der Waals surface area contributed by atoms with Crippen molar-refractivity contribution in [2.45, 2.75) is 68.0 Å². The maximum Gasteiger partial charge on any atom is 0.414 e. The summed E-state index contributed by atoms with van der Waals surface area (Å²) in [5.41, 5.74) is 1.67. The Morgan fingerprint density at radius 1 is 1.15 bits per heavy atom. The molecule has 1 amide bonds. The highest BCUT2D eigenvalue weighted by molar-refractivity contribution is 6.31. The van der Waals surface area contributed by atoms with E-state index in [2.05, 4.69) is 10.3 Å². The van der Waals surface area contributed by atoms with Crippen LogP contribution in [0.4, 0.5) is 17.6 Å². The Hall–Kier alpha value is -3.94. The number of carbonyl (C=O) groups excluding carboxylic acids is 1. The molecule has 3 aliphatic carbocycles. The summed E-state index contributed by atoms with van der Waals surface area (Å²) in [4.78, 5) is 18.2. The number of aromatic nitrogens is 3. The van der Waals surface area contributed by atoms with Crippen molar-refractivity contribution in [2.75, 3.05) is 13.2 Å². The third-order valence-corrected chi connectivity index (χ3v) is 9.69. The van der Waals surface area contributed by atoms with Crippen LogP contribution in [0, 0.1) is 11.7 Å². The molecule has 47 heavy (non-hydrogen) atoms. The molecule has 2 atom stereocenters. The highest BCUT2D eigenvalue weighted by Crippen LogP contribution is 2.52. The second-order valence-corrected chi connectivity index (χ2v) is 13.5. The maximum absolute atomic E-state index is 14.4. The summed E-state index contributed by atoms with van der Waals surface area (Å²) < 4.78 is 70.6. The van der Waals surface area contributed by atoms with Gasteiger partial charge in [0.05, 0.1) is 29.4 Å². The Balaban J connectivity index is 1.16. The zero-order valence-electron chi connectivity index (χ0n) is 24.9. The van der Waals surface area contributed by atoms with E-state index in [1.54, 1.807) is 12.1 Å². The van der Waals surface area contributed by atoms with Crippen LogP contribution >= 0.6 is 11.6 Å². The summed E-state index contributed by atoms with van der Waals surface area (Å²) in [5, 5.41) is 20.1. The number of amides is 1. The number of nitrogens with two attached hydrogens (primary N) is 1. The van der Waals surface area contributed by atoms with Gasteiger partial charge in [0.25, 0.3) is 5.91 Å². The molecule has 0 saturated heterocycles. The third kappa shape index (κ3) is 5.28. The first-order valence-corrected chi connectivity index (χ1v) is 15.9. The monoisotopic (exact) mass is 671 g/mol. The molecule has 3 fully saturated rings. The van der Waals surface area contributed by atoms with Crippen molar-refractivity contribution in [3.05, 3.63) is 70.3 Å². The van der Waals surface area contributed by atoms with Crippen molar-refractivity contribution in [2.24, 2.45) is 11.7 Å². The number of halogens is 5. The zero-order chi connectivity index (χ0) is 32.9. The highest BCUT2D eigenvalue weighted by Gasteiger charge is 2.59. The first-order chi connectivity index (χ1) is 22.3. The van der Waals surface area contributed by atoms with Gasteiger partial charge in [0.15, 0.2) is 11.3 Å². The first-order valence-electron chi connectivity index (χ1n) is 15.5. The van der Waals surface area contributed by atoms with Crippen LogP contribution in [0.1, 0.15) is 66.2 Å². The number of nitrogens with one attached hydrogen (secondary N) is 1. The number of alkyl halides is 3. The van der Waals surface area contributed by atoms with Crippen LogP contribution in [0.2, 0.25) is 5.02 Å². The molecule has 0 radical (unpaired) electrons. The van der Waals surface area contributed by atoms with Gasteiger partial charge in [-0.3, -0.25) is 9.48 Å². The van der Waals surface area contributed by atoms with Crippen molar-refractivity contribution in [1.29, 1.82) is 0 Å². The van der Waals surface area contributed by atoms with Crippen molar-refractivity contribution >= 4 is 28.4 Å². The summed E-state index contributed by atoms with van der Waals surface area (Å²) in [6.07, 6.45) is 2.05. The molecule has 2 aromatic heterocycles. The number of pyridine rings is 1. The van der Waals surface area contributed by atoms with Gasteiger partial charge in [0.1, 0.15) is 35.0 Å². The minimum atomic E-state index is -4.91. The van der Waals surface area contributed by atoms with Gasteiger partial charge in [-0.15, -0.1) is 0 Å². The standard InChI is InChI=1S/C33H30ClF4N5O4/c34-23-10-16(1-8-24(23)35)28-29-22(32(39,15-46-29)33(36,37)38)12-26(41-28)31(45,19-2-3-19)14-40-30(44)17-9-18-13-43(20-4-5-20)42-27(18)25(11-17)47-21-6-7-21/h1,8-13,19-21,45H,2-7,14-15,39H2,(H,40,44)/t31?,32-/m0/s1. The van der Waals surface area contributed by atoms with E-state index in [-0.39, 0.29) is 45.9 Å². The number of benzene rings is 2. The summed E-state index contributed by atoms with van der Waals surface area (Å²) >= 11 is 6.02. The molecule has 4 aromatic rings. The lowest BCUT2D eigenvalue weighted by Crippen LogP contribution is -2.52. The molecule has 3 saturated carbocycles. The van der Waals surface area contributed by atoms with Gasteiger partial charge in [-0.25, -0.2) is 9.37 Å². The number of aliphatic hydroxyl groups is 1. The fraction of sp³-hybridized carbons (Fsp3) is 0.424.